The van der Waals surface area contributed by atoms with Crippen LogP contribution in [0.1, 0.15) is 6.42 Å². The topological polar surface area (TPSA) is 76.4 Å². The predicted molar refractivity (Wildman–Crippen MR) is 97.4 cm³/mol. The van der Waals surface area contributed by atoms with E-state index in [1.165, 1.54) is 23.0 Å². The standard InChI is InChI=1S/C18H17F5N6O/c19-10-1-2-24-6-13(10)27-18-12(21)4-11(20)17(28-18)14-7-25-16-3-9(5-26-29(14)16)30-8-15(22)23/h3-5,7,10,13,15,24H,1-2,6,8H2,(H,27,28)/t10?,13-/m0/s1. The van der Waals surface area contributed by atoms with E-state index in [1.54, 1.807) is 0 Å². The Labute approximate surface area is 167 Å². The van der Waals surface area contributed by atoms with Gasteiger partial charge in [-0.05, 0) is 13.0 Å². The van der Waals surface area contributed by atoms with E-state index >= 15 is 0 Å². The maximum Gasteiger partial charge on any atom is 0.272 e. The van der Waals surface area contributed by atoms with Gasteiger partial charge in [-0.1, -0.05) is 0 Å². The summed E-state index contributed by atoms with van der Waals surface area (Å²) in [6.07, 6.45) is -1.16. The van der Waals surface area contributed by atoms with Crippen molar-refractivity contribution in [3.63, 3.8) is 0 Å². The number of nitrogens with zero attached hydrogens (tertiary/aromatic N) is 4. The molecule has 0 aliphatic carbocycles. The van der Waals surface area contributed by atoms with Crippen molar-refractivity contribution in [2.45, 2.75) is 25.1 Å². The number of piperidine rings is 1. The van der Waals surface area contributed by atoms with Crippen molar-refractivity contribution < 1.29 is 26.7 Å². The molecule has 0 saturated carbocycles. The molecule has 0 bridgehead atoms. The van der Waals surface area contributed by atoms with Crippen LogP contribution in [0.2, 0.25) is 0 Å². The van der Waals surface area contributed by atoms with E-state index in [2.05, 4.69) is 25.7 Å². The highest BCUT2D eigenvalue weighted by Gasteiger charge is 2.27. The summed E-state index contributed by atoms with van der Waals surface area (Å²) in [5.41, 5.74) is 0.0426. The van der Waals surface area contributed by atoms with Gasteiger partial charge in [-0.2, -0.15) is 5.10 Å². The smallest absolute Gasteiger partial charge is 0.272 e. The quantitative estimate of drug-likeness (QED) is 0.588. The Balaban J connectivity index is 1.65. The van der Waals surface area contributed by atoms with Crippen molar-refractivity contribution in [1.29, 1.82) is 0 Å². The van der Waals surface area contributed by atoms with Gasteiger partial charge in [0.25, 0.3) is 6.43 Å². The molecular formula is C18H17F5N6O. The summed E-state index contributed by atoms with van der Waals surface area (Å²) < 4.78 is 73.5. The Hall–Kier alpha value is -3.02. The largest absolute Gasteiger partial charge is 0.486 e. The van der Waals surface area contributed by atoms with Crippen LogP contribution < -0.4 is 15.4 Å². The molecule has 2 N–H and O–H groups in total. The molecule has 1 fully saturated rings. The summed E-state index contributed by atoms with van der Waals surface area (Å²) in [4.78, 5) is 8.03. The van der Waals surface area contributed by atoms with Crippen molar-refractivity contribution in [3.05, 3.63) is 36.2 Å². The molecule has 4 rings (SSSR count). The molecule has 0 aromatic carbocycles. The molecular weight excluding hydrogens is 411 g/mol. The Morgan fingerprint density at radius 3 is 2.83 bits per heavy atom. The van der Waals surface area contributed by atoms with Crippen LogP contribution >= 0.6 is 0 Å². The average Bonchev–Trinajstić information content (AvgIpc) is 3.13. The van der Waals surface area contributed by atoms with Gasteiger partial charge in [0, 0.05) is 18.7 Å². The number of halogens is 5. The second-order valence-corrected chi connectivity index (χ2v) is 6.72. The minimum atomic E-state index is -2.65. The summed E-state index contributed by atoms with van der Waals surface area (Å²) in [5, 5.41) is 9.69. The normalized spacial score (nSPS) is 19.4. The summed E-state index contributed by atoms with van der Waals surface area (Å²) in [5.74, 6) is -2.15. The van der Waals surface area contributed by atoms with Crippen molar-refractivity contribution in [3.8, 4) is 17.1 Å². The Morgan fingerprint density at radius 1 is 1.23 bits per heavy atom. The molecule has 0 spiro atoms. The molecule has 1 saturated heterocycles. The summed E-state index contributed by atoms with van der Waals surface area (Å²) >= 11 is 0. The minimum absolute atomic E-state index is 0.0635. The highest BCUT2D eigenvalue weighted by Crippen LogP contribution is 2.27. The van der Waals surface area contributed by atoms with Gasteiger partial charge < -0.3 is 15.4 Å². The number of anilines is 1. The molecule has 7 nitrogen and oxygen atoms in total. The van der Waals surface area contributed by atoms with Crippen LogP contribution in [0.5, 0.6) is 5.75 Å². The first kappa shape index (κ1) is 20.3. The van der Waals surface area contributed by atoms with Gasteiger partial charge in [0.05, 0.1) is 18.4 Å². The maximum absolute atomic E-state index is 14.5. The van der Waals surface area contributed by atoms with Gasteiger partial charge >= 0.3 is 0 Å². The van der Waals surface area contributed by atoms with Crippen molar-refractivity contribution in [2.75, 3.05) is 25.0 Å². The number of aromatic nitrogens is 4. The van der Waals surface area contributed by atoms with E-state index in [9.17, 15) is 22.0 Å². The molecule has 1 aliphatic heterocycles. The number of hydrogen-bond donors (Lipinski definition) is 2. The third kappa shape index (κ3) is 4.13. The number of alkyl halides is 3. The molecule has 2 atom stereocenters. The zero-order valence-corrected chi connectivity index (χ0v) is 15.5. The summed E-state index contributed by atoms with van der Waals surface area (Å²) in [7, 11) is 0. The molecule has 160 valence electrons. The Bertz CT molecular complexity index is 1050. The second kappa shape index (κ2) is 8.38. The van der Waals surface area contributed by atoms with E-state index in [4.69, 9.17) is 4.74 Å². The van der Waals surface area contributed by atoms with E-state index in [-0.39, 0.29) is 41.6 Å². The van der Waals surface area contributed by atoms with E-state index in [1.807, 2.05) is 0 Å². The van der Waals surface area contributed by atoms with Crippen LogP contribution in [-0.4, -0.2) is 57.9 Å². The fourth-order valence-corrected chi connectivity index (χ4v) is 3.15. The van der Waals surface area contributed by atoms with Gasteiger partial charge in [0.15, 0.2) is 23.1 Å². The molecule has 0 radical (unpaired) electrons. The van der Waals surface area contributed by atoms with Gasteiger partial charge in [0.2, 0.25) is 0 Å². The zero-order valence-electron chi connectivity index (χ0n) is 15.5. The minimum Gasteiger partial charge on any atom is -0.486 e. The van der Waals surface area contributed by atoms with Gasteiger partial charge in [-0.15, -0.1) is 0 Å². The number of fused-ring (bicyclic) bond motifs is 1. The summed E-state index contributed by atoms with van der Waals surface area (Å²) in [6.45, 7) is -0.0197. The van der Waals surface area contributed by atoms with Crippen molar-refractivity contribution >= 4 is 11.5 Å². The number of pyridine rings is 1. The van der Waals surface area contributed by atoms with Crippen LogP contribution in [0.3, 0.4) is 0 Å². The maximum atomic E-state index is 14.5. The number of imidazole rings is 1. The van der Waals surface area contributed by atoms with Gasteiger partial charge in [-0.3, -0.25) is 0 Å². The lowest BCUT2D eigenvalue weighted by atomic mass is 10.1. The molecule has 12 heteroatoms. The van der Waals surface area contributed by atoms with Crippen LogP contribution in [0, 0.1) is 11.6 Å². The average molecular weight is 428 g/mol. The SMILES string of the molecule is Fc1cc(F)c(-c2cnc3cc(OCC(F)F)cnn23)nc1N[C@H]1CNCCC1F. The lowest BCUT2D eigenvalue weighted by molar-refractivity contribution is 0.0817. The van der Waals surface area contributed by atoms with E-state index in [0.29, 0.717) is 12.6 Å². The molecule has 0 amide bonds. The van der Waals surface area contributed by atoms with Gasteiger partial charge in [0.1, 0.15) is 29.9 Å². The zero-order chi connectivity index (χ0) is 21.3. The monoisotopic (exact) mass is 428 g/mol. The fourth-order valence-electron chi connectivity index (χ4n) is 3.15. The van der Waals surface area contributed by atoms with Gasteiger partial charge in [-0.25, -0.2) is 36.4 Å². The highest BCUT2D eigenvalue weighted by molar-refractivity contribution is 5.62. The first-order chi connectivity index (χ1) is 14.4. The lowest BCUT2D eigenvalue weighted by Crippen LogP contribution is -2.46. The number of hydrogen-bond acceptors (Lipinski definition) is 6. The van der Waals surface area contributed by atoms with Crippen molar-refractivity contribution in [1.82, 2.24) is 24.9 Å². The molecule has 1 unspecified atom stereocenters. The summed E-state index contributed by atoms with van der Waals surface area (Å²) in [6, 6.07) is 1.28. The van der Waals surface area contributed by atoms with Crippen LogP contribution in [0.4, 0.5) is 27.8 Å². The first-order valence-electron chi connectivity index (χ1n) is 9.15. The van der Waals surface area contributed by atoms with Crippen LogP contribution in [0.25, 0.3) is 17.0 Å². The first-order valence-corrected chi connectivity index (χ1v) is 9.15. The van der Waals surface area contributed by atoms with E-state index < -0.39 is 36.9 Å². The third-order valence-electron chi connectivity index (χ3n) is 4.60. The number of nitrogens with one attached hydrogen (secondary N) is 2. The lowest BCUT2D eigenvalue weighted by Gasteiger charge is -2.28. The second-order valence-electron chi connectivity index (χ2n) is 6.72. The number of rotatable bonds is 6. The molecule has 3 aromatic rings. The highest BCUT2D eigenvalue weighted by atomic mass is 19.3. The molecule has 4 heterocycles. The predicted octanol–water partition coefficient (Wildman–Crippen LogP) is 2.83. The van der Waals surface area contributed by atoms with Crippen molar-refractivity contribution in [2.24, 2.45) is 0 Å². The Morgan fingerprint density at radius 2 is 2.07 bits per heavy atom. The van der Waals surface area contributed by atoms with Crippen LogP contribution in [0.15, 0.2) is 24.5 Å². The fraction of sp³-hybridized carbons (Fsp3) is 0.389. The van der Waals surface area contributed by atoms with E-state index in [0.717, 1.165) is 0 Å². The molecule has 1 aliphatic rings. The number of ether oxygens (including phenoxy) is 1. The molecule has 30 heavy (non-hydrogen) atoms. The Kier molecular flexibility index (Phi) is 5.66. The molecule has 3 aromatic heterocycles. The van der Waals surface area contributed by atoms with Crippen LogP contribution in [-0.2, 0) is 0 Å². The third-order valence-corrected chi connectivity index (χ3v) is 4.60.